The lowest BCUT2D eigenvalue weighted by Crippen LogP contribution is -2.17. The van der Waals surface area contributed by atoms with E-state index in [4.69, 9.17) is 4.74 Å². The Morgan fingerprint density at radius 3 is 2.67 bits per heavy atom. The lowest BCUT2D eigenvalue weighted by molar-refractivity contribution is -0.138. The van der Waals surface area contributed by atoms with E-state index in [2.05, 4.69) is 5.32 Å². The summed E-state index contributed by atoms with van der Waals surface area (Å²) in [7, 11) is 0. The summed E-state index contributed by atoms with van der Waals surface area (Å²) in [5, 5.41) is 2.66. The van der Waals surface area contributed by atoms with Crippen LogP contribution in [0.25, 0.3) is 0 Å². The first-order valence-electron chi connectivity index (χ1n) is 6.24. The highest BCUT2D eigenvalue weighted by Crippen LogP contribution is 2.27. The lowest BCUT2D eigenvalue weighted by Gasteiger charge is -2.10. The van der Waals surface area contributed by atoms with Gasteiger partial charge in [0.05, 0.1) is 5.92 Å². The first kappa shape index (κ1) is 12.6. The maximum Gasteiger partial charge on any atom is 0.314 e. The molecular weight excluding hydrogens is 230 g/mol. The number of anilines is 1. The molecule has 1 aliphatic carbocycles. The van der Waals surface area contributed by atoms with Crippen molar-refractivity contribution < 1.29 is 14.3 Å². The van der Waals surface area contributed by atoms with E-state index in [1.165, 1.54) is 6.92 Å². The highest BCUT2D eigenvalue weighted by Gasteiger charge is 2.24. The molecule has 1 aromatic rings. The molecule has 1 amide bonds. The summed E-state index contributed by atoms with van der Waals surface area (Å²) in [6.45, 7) is 1.44. The van der Waals surface area contributed by atoms with Crippen molar-refractivity contribution in [1.82, 2.24) is 0 Å². The Hall–Kier alpha value is -1.84. The molecule has 1 aliphatic rings. The molecule has 0 aliphatic heterocycles. The molecule has 18 heavy (non-hydrogen) atoms. The van der Waals surface area contributed by atoms with Crippen LogP contribution < -0.4 is 10.1 Å². The second-order valence-electron chi connectivity index (χ2n) is 4.61. The molecule has 1 fully saturated rings. The van der Waals surface area contributed by atoms with E-state index >= 15 is 0 Å². The molecule has 0 spiro atoms. The van der Waals surface area contributed by atoms with Gasteiger partial charge in [-0.1, -0.05) is 18.9 Å². The molecule has 0 unspecified atom stereocenters. The molecule has 0 saturated heterocycles. The van der Waals surface area contributed by atoms with Crippen LogP contribution in [-0.4, -0.2) is 11.9 Å². The van der Waals surface area contributed by atoms with Crippen LogP contribution in [0.3, 0.4) is 0 Å². The number of carbonyl (C=O) groups is 2. The van der Waals surface area contributed by atoms with Gasteiger partial charge in [0.1, 0.15) is 5.75 Å². The van der Waals surface area contributed by atoms with Gasteiger partial charge in [-0.15, -0.1) is 0 Å². The summed E-state index contributed by atoms with van der Waals surface area (Å²) in [6, 6.07) is 6.89. The molecule has 2 rings (SSSR count). The third-order valence-electron chi connectivity index (χ3n) is 3.06. The maximum absolute atomic E-state index is 11.8. The largest absolute Gasteiger partial charge is 0.426 e. The van der Waals surface area contributed by atoms with E-state index in [-0.39, 0.29) is 17.8 Å². The predicted octanol–water partition coefficient (Wildman–Crippen LogP) is 2.74. The van der Waals surface area contributed by atoms with Gasteiger partial charge in [-0.2, -0.15) is 0 Å². The molecule has 96 valence electrons. The number of esters is 1. The normalized spacial score (nSPS) is 15.4. The van der Waals surface area contributed by atoms with Crippen molar-refractivity contribution in [3.05, 3.63) is 24.3 Å². The minimum Gasteiger partial charge on any atom is -0.426 e. The number of rotatable bonds is 3. The fraction of sp³-hybridized carbons (Fsp3) is 0.429. The smallest absolute Gasteiger partial charge is 0.314 e. The average Bonchev–Trinajstić information content (AvgIpc) is 2.81. The molecule has 4 nitrogen and oxygen atoms in total. The highest BCUT2D eigenvalue weighted by molar-refractivity contribution is 5.89. The van der Waals surface area contributed by atoms with Gasteiger partial charge in [-0.05, 0) is 25.0 Å². The van der Waals surface area contributed by atoms with Crippen molar-refractivity contribution in [2.45, 2.75) is 32.6 Å². The molecule has 0 radical (unpaired) electrons. The Labute approximate surface area is 106 Å². The summed E-state index contributed by atoms with van der Waals surface area (Å²) in [5.41, 5.74) is 0.638. The Balaban J connectivity index is 2.00. The summed E-state index contributed by atoms with van der Waals surface area (Å²) in [4.78, 5) is 22.8. The van der Waals surface area contributed by atoms with Gasteiger partial charge in [0.15, 0.2) is 0 Å². The van der Waals surface area contributed by atoms with Crippen LogP contribution in [0.2, 0.25) is 0 Å². The number of hydrogen-bond acceptors (Lipinski definition) is 3. The van der Waals surface area contributed by atoms with Crippen molar-refractivity contribution in [1.29, 1.82) is 0 Å². The number of amides is 1. The third kappa shape index (κ3) is 3.32. The van der Waals surface area contributed by atoms with Crippen molar-refractivity contribution in [2.75, 3.05) is 5.32 Å². The van der Waals surface area contributed by atoms with Crippen LogP contribution in [0, 0.1) is 5.92 Å². The van der Waals surface area contributed by atoms with Crippen molar-refractivity contribution >= 4 is 17.6 Å². The minimum atomic E-state index is -0.160. The monoisotopic (exact) mass is 247 g/mol. The summed E-state index contributed by atoms with van der Waals surface area (Å²) < 4.78 is 5.33. The molecule has 0 heterocycles. The van der Waals surface area contributed by atoms with Crippen molar-refractivity contribution in [3.8, 4) is 5.75 Å². The summed E-state index contributed by atoms with van der Waals surface area (Å²) in [5.74, 6) is 0.217. The Morgan fingerprint density at radius 2 is 2.00 bits per heavy atom. The summed E-state index contributed by atoms with van der Waals surface area (Å²) >= 11 is 0. The fourth-order valence-corrected chi connectivity index (χ4v) is 2.20. The second-order valence-corrected chi connectivity index (χ2v) is 4.61. The summed E-state index contributed by atoms with van der Waals surface area (Å²) in [6.07, 6.45) is 4.05. The number of nitrogens with one attached hydrogen (secondary N) is 1. The molecule has 0 bridgehead atoms. The van der Waals surface area contributed by atoms with Crippen LogP contribution in [0.5, 0.6) is 5.75 Å². The number of ether oxygens (including phenoxy) is 1. The Morgan fingerprint density at radius 1 is 1.28 bits per heavy atom. The minimum absolute atomic E-state index is 0.0365. The molecule has 1 saturated carbocycles. The Kier molecular flexibility index (Phi) is 3.97. The van der Waals surface area contributed by atoms with Gasteiger partial charge < -0.3 is 10.1 Å². The van der Waals surface area contributed by atoms with E-state index in [1.54, 1.807) is 24.3 Å². The molecule has 0 atom stereocenters. The second kappa shape index (κ2) is 5.67. The van der Waals surface area contributed by atoms with Crippen molar-refractivity contribution in [2.24, 2.45) is 5.92 Å². The first-order valence-corrected chi connectivity index (χ1v) is 6.24. The van der Waals surface area contributed by atoms with Gasteiger partial charge in [-0.25, -0.2) is 0 Å². The first-order chi connectivity index (χ1) is 8.65. The third-order valence-corrected chi connectivity index (χ3v) is 3.06. The van der Waals surface area contributed by atoms with Crippen LogP contribution in [0.15, 0.2) is 24.3 Å². The fourth-order valence-electron chi connectivity index (χ4n) is 2.20. The molecule has 1 N–H and O–H groups in total. The van der Waals surface area contributed by atoms with Crippen LogP contribution >= 0.6 is 0 Å². The van der Waals surface area contributed by atoms with Gasteiger partial charge in [-0.3, -0.25) is 9.59 Å². The number of carbonyl (C=O) groups excluding carboxylic acids is 2. The van der Waals surface area contributed by atoms with Gasteiger partial charge in [0, 0.05) is 18.7 Å². The van der Waals surface area contributed by atoms with Crippen LogP contribution in [0.4, 0.5) is 5.69 Å². The van der Waals surface area contributed by atoms with Crippen LogP contribution in [-0.2, 0) is 9.59 Å². The number of benzene rings is 1. The SMILES string of the molecule is CC(=O)Nc1cccc(OC(=O)C2CCCC2)c1. The van der Waals surface area contributed by atoms with Gasteiger partial charge >= 0.3 is 5.97 Å². The quantitative estimate of drug-likeness (QED) is 0.660. The van der Waals surface area contributed by atoms with E-state index < -0.39 is 0 Å². The topological polar surface area (TPSA) is 55.4 Å². The zero-order valence-electron chi connectivity index (χ0n) is 10.4. The molecule has 4 heteroatoms. The van der Waals surface area contributed by atoms with Gasteiger partial charge in [0.2, 0.25) is 5.91 Å². The zero-order chi connectivity index (χ0) is 13.0. The average molecular weight is 247 g/mol. The van der Waals surface area contributed by atoms with Gasteiger partial charge in [0.25, 0.3) is 0 Å². The van der Waals surface area contributed by atoms with Crippen molar-refractivity contribution in [3.63, 3.8) is 0 Å². The van der Waals surface area contributed by atoms with E-state index in [9.17, 15) is 9.59 Å². The molecule has 0 aromatic heterocycles. The van der Waals surface area contributed by atoms with E-state index in [0.29, 0.717) is 11.4 Å². The molecule has 1 aromatic carbocycles. The van der Waals surface area contributed by atoms with E-state index in [1.807, 2.05) is 0 Å². The van der Waals surface area contributed by atoms with E-state index in [0.717, 1.165) is 25.7 Å². The maximum atomic E-state index is 11.8. The lowest BCUT2D eigenvalue weighted by atomic mass is 10.1. The predicted molar refractivity (Wildman–Crippen MR) is 68.3 cm³/mol. The Bertz CT molecular complexity index is 450. The van der Waals surface area contributed by atoms with Crippen LogP contribution in [0.1, 0.15) is 32.6 Å². The molecular formula is C14H17NO3. The zero-order valence-corrected chi connectivity index (χ0v) is 10.4. The highest BCUT2D eigenvalue weighted by atomic mass is 16.5. The standard InChI is InChI=1S/C14H17NO3/c1-10(16)15-12-7-4-8-13(9-12)18-14(17)11-5-2-3-6-11/h4,7-9,11H,2-3,5-6H2,1H3,(H,15,16). The number of hydrogen-bond donors (Lipinski definition) is 1.